The number of hydrogen-bond donors (Lipinski definition) is 0. The van der Waals surface area contributed by atoms with Crippen molar-refractivity contribution in [2.24, 2.45) is 0 Å². The predicted molar refractivity (Wildman–Crippen MR) is 68.5 cm³/mol. The molecule has 0 amide bonds. The van der Waals surface area contributed by atoms with E-state index in [0.717, 1.165) is 25.7 Å². The fourth-order valence-electron chi connectivity index (χ4n) is 1.54. The van der Waals surface area contributed by atoms with Crippen LogP contribution in [0.4, 0.5) is 0 Å². The van der Waals surface area contributed by atoms with Gasteiger partial charge in [-0.1, -0.05) is 25.3 Å². The van der Waals surface area contributed by atoms with Crippen molar-refractivity contribution in [1.82, 2.24) is 0 Å². The molecule has 0 saturated carbocycles. The lowest BCUT2D eigenvalue weighted by molar-refractivity contribution is 0.212. The summed E-state index contributed by atoms with van der Waals surface area (Å²) in [4.78, 5) is 0. The van der Waals surface area contributed by atoms with Crippen LogP contribution in [0.2, 0.25) is 6.04 Å². The first-order chi connectivity index (χ1) is 7.35. The van der Waals surface area contributed by atoms with E-state index in [4.69, 9.17) is 8.85 Å². The minimum Gasteiger partial charge on any atom is -0.397 e. The summed E-state index contributed by atoms with van der Waals surface area (Å²) in [5.41, 5.74) is 0. The van der Waals surface area contributed by atoms with E-state index >= 15 is 0 Å². The van der Waals surface area contributed by atoms with Crippen molar-refractivity contribution in [2.45, 2.75) is 52.0 Å². The molecule has 0 N–H and O–H groups in total. The second-order valence-electron chi connectivity index (χ2n) is 3.62. The summed E-state index contributed by atoms with van der Waals surface area (Å²) in [6, 6.07) is 1.16. The minimum atomic E-state index is -1.31. The Balaban J connectivity index is 3.31. The molecule has 0 aromatic rings. The minimum absolute atomic E-state index is 0.799. The van der Waals surface area contributed by atoms with Crippen molar-refractivity contribution >= 4 is 9.28 Å². The lowest BCUT2D eigenvalue weighted by atomic mass is 10.1. The van der Waals surface area contributed by atoms with Gasteiger partial charge in [-0.25, -0.2) is 0 Å². The van der Waals surface area contributed by atoms with E-state index in [1.807, 2.05) is 19.9 Å². The lowest BCUT2D eigenvalue weighted by Gasteiger charge is -2.14. The highest BCUT2D eigenvalue weighted by molar-refractivity contribution is 6.44. The molecule has 90 valence electrons. The highest BCUT2D eigenvalue weighted by Gasteiger charge is 2.10. The summed E-state index contributed by atoms with van der Waals surface area (Å²) >= 11 is 0. The van der Waals surface area contributed by atoms with Crippen LogP contribution in [0.3, 0.4) is 0 Å². The van der Waals surface area contributed by atoms with Crippen LogP contribution in [0.1, 0.15) is 46.0 Å². The van der Waals surface area contributed by atoms with Gasteiger partial charge in [-0.2, -0.15) is 0 Å². The molecule has 0 aliphatic rings. The van der Waals surface area contributed by atoms with Gasteiger partial charge >= 0.3 is 9.28 Å². The zero-order valence-corrected chi connectivity index (χ0v) is 11.5. The van der Waals surface area contributed by atoms with Crippen molar-refractivity contribution < 1.29 is 8.85 Å². The van der Waals surface area contributed by atoms with E-state index in [9.17, 15) is 0 Å². The molecule has 0 bridgehead atoms. The Bertz CT molecular complexity index is 134. The molecule has 0 heterocycles. The summed E-state index contributed by atoms with van der Waals surface area (Å²) in [5.74, 6) is 0. The summed E-state index contributed by atoms with van der Waals surface area (Å²) in [6.07, 6.45) is 8.30. The fraction of sp³-hybridized carbons (Fsp3) is 0.833. The Hall–Kier alpha value is -0.123. The highest BCUT2D eigenvalue weighted by atomic mass is 28.3. The van der Waals surface area contributed by atoms with E-state index in [0.29, 0.717) is 0 Å². The predicted octanol–water partition coefficient (Wildman–Crippen LogP) is 3.42. The van der Waals surface area contributed by atoms with Gasteiger partial charge in [0.05, 0.1) is 0 Å². The normalized spacial score (nSPS) is 10.9. The van der Waals surface area contributed by atoms with E-state index in [1.54, 1.807) is 0 Å². The van der Waals surface area contributed by atoms with E-state index in [2.05, 4.69) is 6.58 Å². The molecule has 0 aliphatic carbocycles. The Morgan fingerprint density at radius 3 is 2.13 bits per heavy atom. The summed E-state index contributed by atoms with van der Waals surface area (Å²) in [6.45, 7) is 9.41. The molecule has 2 nitrogen and oxygen atoms in total. The van der Waals surface area contributed by atoms with Crippen molar-refractivity contribution in [3.8, 4) is 0 Å². The van der Waals surface area contributed by atoms with Gasteiger partial charge in [0, 0.05) is 13.2 Å². The SMILES string of the molecule is C=CCCCCCC[SiH](OCC)OCC. The maximum atomic E-state index is 5.61. The topological polar surface area (TPSA) is 18.5 Å². The highest BCUT2D eigenvalue weighted by Crippen LogP contribution is 2.09. The van der Waals surface area contributed by atoms with Gasteiger partial charge in [-0.05, 0) is 32.7 Å². The summed E-state index contributed by atoms with van der Waals surface area (Å²) < 4.78 is 11.2. The van der Waals surface area contributed by atoms with Gasteiger partial charge in [0.2, 0.25) is 0 Å². The number of allylic oxidation sites excluding steroid dienone is 1. The molecule has 0 atom stereocenters. The molecule has 0 aliphatic heterocycles. The second kappa shape index (κ2) is 11.9. The molecule has 0 fully saturated rings. The molecule has 0 spiro atoms. The van der Waals surface area contributed by atoms with Gasteiger partial charge in [0.1, 0.15) is 0 Å². The van der Waals surface area contributed by atoms with Crippen LogP contribution in [-0.4, -0.2) is 22.5 Å². The molecular weight excluding hydrogens is 204 g/mol. The monoisotopic (exact) mass is 230 g/mol. The zero-order valence-electron chi connectivity index (χ0n) is 10.3. The first kappa shape index (κ1) is 14.9. The van der Waals surface area contributed by atoms with Crippen LogP contribution in [0.15, 0.2) is 12.7 Å². The van der Waals surface area contributed by atoms with E-state index in [1.165, 1.54) is 25.7 Å². The first-order valence-corrected chi connectivity index (χ1v) is 7.95. The van der Waals surface area contributed by atoms with Crippen molar-refractivity contribution in [2.75, 3.05) is 13.2 Å². The van der Waals surface area contributed by atoms with Gasteiger partial charge in [-0.15, -0.1) is 6.58 Å². The molecule has 0 unspecified atom stereocenters. The van der Waals surface area contributed by atoms with Crippen LogP contribution < -0.4 is 0 Å². The number of hydrogen-bond acceptors (Lipinski definition) is 2. The van der Waals surface area contributed by atoms with Crippen molar-refractivity contribution in [3.63, 3.8) is 0 Å². The maximum absolute atomic E-state index is 5.61. The fourth-order valence-corrected chi connectivity index (χ4v) is 3.33. The standard InChI is InChI=1S/C12H26O2Si/c1-4-7-8-9-10-11-12-15(13-5-2)14-6-3/h4,15H,1,5-12H2,2-3H3. The second-order valence-corrected chi connectivity index (χ2v) is 5.72. The third-order valence-electron chi connectivity index (χ3n) is 2.30. The molecule has 0 radical (unpaired) electrons. The molecule has 0 rings (SSSR count). The smallest absolute Gasteiger partial charge is 0.321 e. The summed E-state index contributed by atoms with van der Waals surface area (Å²) in [7, 11) is -1.31. The zero-order chi connectivity index (χ0) is 11.4. The van der Waals surface area contributed by atoms with E-state index in [-0.39, 0.29) is 0 Å². The largest absolute Gasteiger partial charge is 0.397 e. The Morgan fingerprint density at radius 2 is 1.60 bits per heavy atom. The van der Waals surface area contributed by atoms with E-state index < -0.39 is 9.28 Å². The molecule has 0 saturated heterocycles. The van der Waals surface area contributed by atoms with Gasteiger partial charge in [-0.3, -0.25) is 0 Å². The molecule has 0 aromatic heterocycles. The number of unbranched alkanes of at least 4 members (excludes halogenated alkanes) is 4. The molecular formula is C12H26O2Si. The summed E-state index contributed by atoms with van der Waals surface area (Å²) in [5, 5.41) is 0. The lowest BCUT2D eigenvalue weighted by Crippen LogP contribution is -2.22. The first-order valence-electron chi connectivity index (χ1n) is 6.19. The molecule has 3 heteroatoms. The van der Waals surface area contributed by atoms with Gasteiger partial charge < -0.3 is 8.85 Å². The average molecular weight is 230 g/mol. The van der Waals surface area contributed by atoms with Crippen molar-refractivity contribution in [1.29, 1.82) is 0 Å². The Kier molecular flexibility index (Phi) is 11.9. The molecule has 15 heavy (non-hydrogen) atoms. The Labute approximate surface area is 96.5 Å². The van der Waals surface area contributed by atoms with Gasteiger partial charge in [0.15, 0.2) is 0 Å². The van der Waals surface area contributed by atoms with Crippen LogP contribution in [0.25, 0.3) is 0 Å². The maximum Gasteiger partial charge on any atom is 0.321 e. The van der Waals surface area contributed by atoms with Gasteiger partial charge in [0.25, 0.3) is 0 Å². The van der Waals surface area contributed by atoms with Crippen LogP contribution in [0, 0.1) is 0 Å². The van der Waals surface area contributed by atoms with Crippen molar-refractivity contribution in [3.05, 3.63) is 12.7 Å². The van der Waals surface area contributed by atoms with Crippen LogP contribution in [0.5, 0.6) is 0 Å². The average Bonchev–Trinajstić information content (AvgIpc) is 2.24. The third-order valence-corrected chi connectivity index (χ3v) is 4.59. The molecule has 0 aromatic carbocycles. The van der Waals surface area contributed by atoms with Crippen LogP contribution in [-0.2, 0) is 8.85 Å². The quantitative estimate of drug-likeness (QED) is 0.308. The van der Waals surface area contributed by atoms with Crippen LogP contribution >= 0.6 is 0 Å². The Morgan fingerprint density at radius 1 is 1.00 bits per heavy atom. The number of rotatable bonds is 11. The third kappa shape index (κ3) is 10.2.